The van der Waals surface area contributed by atoms with Crippen molar-refractivity contribution in [1.29, 1.82) is 0 Å². The van der Waals surface area contributed by atoms with Crippen LogP contribution in [0.4, 0.5) is 0 Å². The van der Waals surface area contributed by atoms with Gasteiger partial charge in [0.25, 0.3) is 0 Å². The van der Waals surface area contributed by atoms with E-state index in [-0.39, 0.29) is 11.5 Å². The second kappa shape index (κ2) is 6.40. The number of sulfonamides is 1. The molecule has 1 rings (SSSR count). The molecule has 0 saturated heterocycles. The third-order valence-corrected chi connectivity index (χ3v) is 4.29. The molecule has 0 spiro atoms. The molecule has 0 unspecified atom stereocenters. The van der Waals surface area contributed by atoms with E-state index in [1.54, 1.807) is 45.9 Å². The highest BCUT2D eigenvalue weighted by atomic mass is 32.2. The minimum absolute atomic E-state index is 0.00437. The number of benzene rings is 1. The van der Waals surface area contributed by atoms with Crippen LogP contribution in [0.5, 0.6) is 0 Å². The van der Waals surface area contributed by atoms with Crippen LogP contribution in [0.2, 0.25) is 0 Å². The predicted molar refractivity (Wildman–Crippen MR) is 79.8 cm³/mol. The highest BCUT2D eigenvalue weighted by Crippen LogP contribution is 2.18. The number of aryl methyl sites for hydroxylation is 1. The summed E-state index contributed by atoms with van der Waals surface area (Å²) in [5, 5.41) is 8.69. The van der Waals surface area contributed by atoms with Gasteiger partial charge in [0.2, 0.25) is 10.0 Å². The highest BCUT2D eigenvalue weighted by molar-refractivity contribution is 7.89. The van der Waals surface area contributed by atoms with Crippen molar-refractivity contribution in [2.75, 3.05) is 6.61 Å². The van der Waals surface area contributed by atoms with E-state index >= 15 is 0 Å². The molecule has 0 aromatic heterocycles. The van der Waals surface area contributed by atoms with Gasteiger partial charge in [0.05, 0.1) is 11.5 Å². The highest BCUT2D eigenvalue weighted by Gasteiger charge is 2.23. The molecule has 0 aliphatic heterocycles. The van der Waals surface area contributed by atoms with E-state index in [4.69, 9.17) is 5.11 Å². The van der Waals surface area contributed by atoms with Crippen molar-refractivity contribution >= 4 is 10.0 Å². The van der Waals surface area contributed by atoms with Gasteiger partial charge in [0.1, 0.15) is 0 Å². The van der Waals surface area contributed by atoms with Crippen molar-refractivity contribution < 1.29 is 13.5 Å². The van der Waals surface area contributed by atoms with Crippen LogP contribution in [0, 0.1) is 18.8 Å². The Labute approximate surface area is 121 Å². The summed E-state index contributed by atoms with van der Waals surface area (Å²) in [4.78, 5) is 0.239. The molecule has 0 aliphatic rings. The zero-order valence-electron chi connectivity index (χ0n) is 12.3. The van der Waals surface area contributed by atoms with Crippen LogP contribution in [-0.2, 0) is 10.0 Å². The van der Waals surface area contributed by atoms with Crippen molar-refractivity contribution in [3.8, 4) is 11.8 Å². The SMILES string of the molecule is Cc1ccc(C#CCCO)cc1S(=O)(=O)NC(C)(C)C. The summed E-state index contributed by atoms with van der Waals surface area (Å²) >= 11 is 0. The van der Waals surface area contributed by atoms with Crippen LogP contribution in [0.3, 0.4) is 0 Å². The fourth-order valence-electron chi connectivity index (χ4n) is 1.65. The second-order valence-electron chi connectivity index (χ2n) is 5.61. The number of rotatable bonds is 3. The number of aliphatic hydroxyl groups is 1. The van der Waals surface area contributed by atoms with Crippen LogP contribution in [0.1, 0.15) is 38.3 Å². The van der Waals surface area contributed by atoms with Crippen molar-refractivity contribution in [2.45, 2.75) is 44.6 Å². The van der Waals surface area contributed by atoms with E-state index in [1.165, 1.54) is 0 Å². The molecule has 0 atom stereocenters. The van der Waals surface area contributed by atoms with Gasteiger partial charge in [-0.1, -0.05) is 17.9 Å². The van der Waals surface area contributed by atoms with Crippen molar-refractivity contribution in [3.05, 3.63) is 29.3 Å². The molecular formula is C15H21NO3S. The first-order chi connectivity index (χ1) is 9.15. The molecule has 2 N–H and O–H groups in total. The van der Waals surface area contributed by atoms with E-state index in [9.17, 15) is 8.42 Å². The van der Waals surface area contributed by atoms with Crippen molar-refractivity contribution in [3.63, 3.8) is 0 Å². The molecule has 0 bridgehead atoms. The van der Waals surface area contributed by atoms with Crippen LogP contribution in [-0.4, -0.2) is 25.7 Å². The predicted octanol–water partition coefficient (Wildman–Crippen LogP) is 1.81. The first kappa shape index (κ1) is 16.7. The van der Waals surface area contributed by atoms with Crippen LogP contribution in [0.15, 0.2) is 23.1 Å². The van der Waals surface area contributed by atoms with Gasteiger partial charge in [-0.25, -0.2) is 13.1 Å². The first-order valence-corrected chi connectivity index (χ1v) is 7.88. The lowest BCUT2D eigenvalue weighted by molar-refractivity contribution is 0.305. The summed E-state index contributed by atoms with van der Waals surface area (Å²) < 4.78 is 27.3. The first-order valence-electron chi connectivity index (χ1n) is 6.40. The molecule has 5 heteroatoms. The molecule has 20 heavy (non-hydrogen) atoms. The van der Waals surface area contributed by atoms with Crippen molar-refractivity contribution in [2.24, 2.45) is 0 Å². The Bertz CT molecular complexity index is 631. The molecule has 1 aromatic carbocycles. The molecular weight excluding hydrogens is 274 g/mol. The number of nitrogens with one attached hydrogen (secondary N) is 1. The van der Waals surface area contributed by atoms with E-state index in [0.717, 1.165) is 0 Å². The lowest BCUT2D eigenvalue weighted by atomic mass is 10.1. The fraction of sp³-hybridized carbons (Fsp3) is 0.467. The Morgan fingerprint density at radius 2 is 1.95 bits per heavy atom. The monoisotopic (exact) mass is 295 g/mol. The normalized spacial score (nSPS) is 11.8. The summed E-state index contributed by atoms with van der Waals surface area (Å²) in [5.74, 6) is 5.63. The van der Waals surface area contributed by atoms with Gasteiger partial charge < -0.3 is 5.11 Å². The van der Waals surface area contributed by atoms with E-state index < -0.39 is 15.6 Å². The van der Waals surface area contributed by atoms with Gasteiger partial charge in [-0.2, -0.15) is 0 Å². The maximum Gasteiger partial charge on any atom is 0.241 e. The molecule has 0 aliphatic carbocycles. The van der Waals surface area contributed by atoms with Gasteiger partial charge in [0.15, 0.2) is 0 Å². The summed E-state index contributed by atoms with van der Waals surface area (Å²) in [5.41, 5.74) is 0.761. The third kappa shape index (κ3) is 4.97. The average molecular weight is 295 g/mol. The summed E-state index contributed by atoms with van der Waals surface area (Å²) in [6.07, 6.45) is 0.371. The average Bonchev–Trinajstić information content (AvgIpc) is 2.28. The van der Waals surface area contributed by atoms with E-state index in [1.807, 2.05) is 0 Å². The summed E-state index contributed by atoms with van der Waals surface area (Å²) in [6, 6.07) is 5.07. The lowest BCUT2D eigenvalue weighted by Crippen LogP contribution is -2.40. The smallest absolute Gasteiger partial charge is 0.241 e. The number of hydrogen-bond donors (Lipinski definition) is 2. The quantitative estimate of drug-likeness (QED) is 0.836. The van der Waals surface area contributed by atoms with Gasteiger partial charge in [-0.05, 0) is 45.4 Å². The Balaban J connectivity index is 3.19. The maximum atomic E-state index is 12.4. The fourth-order valence-corrected chi connectivity index (χ4v) is 3.34. The van der Waals surface area contributed by atoms with E-state index in [2.05, 4.69) is 16.6 Å². The zero-order valence-corrected chi connectivity index (χ0v) is 13.1. The van der Waals surface area contributed by atoms with Crippen LogP contribution < -0.4 is 4.72 Å². The molecule has 0 fully saturated rings. The lowest BCUT2D eigenvalue weighted by Gasteiger charge is -2.21. The molecule has 110 valence electrons. The number of aliphatic hydroxyl groups excluding tert-OH is 1. The molecule has 0 saturated carbocycles. The molecule has 4 nitrogen and oxygen atoms in total. The zero-order chi connectivity index (χ0) is 15.4. The maximum absolute atomic E-state index is 12.4. The van der Waals surface area contributed by atoms with Gasteiger partial charge >= 0.3 is 0 Å². The molecule has 0 amide bonds. The van der Waals surface area contributed by atoms with Gasteiger partial charge in [-0.15, -0.1) is 0 Å². The molecule has 0 heterocycles. The van der Waals surface area contributed by atoms with Gasteiger partial charge in [-0.3, -0.25) is 0 Å². The van der Waals surface area contributed by atoms with Crippen molar-refractivity contribution in [1.82, 2.24) is 4.72 Å². The molecule has 1 aromatic rings. The third-order valence-electron chi connectivity index (χ3n) is 2.39. The standard InChI is InChI=1S/C15H21NO3S/c1-12-8-9-13(7-5-6-10-17)11-14(12)20(18,19)16-15(2,3)4/h8-9,11,16-17H,6,10H2,1-4H3. The van der Waals surface area contributed by atoms with Gasteiger partial charge in [0, 0.05) is 17.5 Å². The Morgan fingerprint density at radius 1 is 1.30 bits per heavy atom. The topological polar surface area (TPSA) is 66.4 Å². The Hall–Kier alpha value is -1.35. The minimum Gasteiger partial charge on any atom is -0.395 e. The van der Waals surface area contributed by atoms with Crippen LogP contribution >= 0.6 is 0 Å². The largest absolute Gasteiger partial charge is 0.395 e. The second-order valence-corrected chi connectivity index (χ2v) is 7.26. The molecule has 0 radical (unpaired) electrons. The van der Waals surface area contributed by atoms with E-state index in [0.29, 0.717) is 17.5 Å². The Kier molecular flexibility index (Phi) is 5.35. The summed E-state index contributed by atoms with van der Waals surface area (Å²) in [7, 11) is -3.57. The summed E-state index contributed by atoms with van der Waals surface area (Å²) in [6.45, 7) is 7.14. The van der Waals surface area contributed by atoms with Crippen LogP contribution in [0.25, 0.3) is 0 Å². The Morgan fingerprint density at radius 3 is 2.50 bits per heavy atom. The number of hydrogen-bond acceptors (Lipinski definition) is 3. The minimum atomic E-state index is -3.57.